The molecule has 0 aliphatic rings. The normalized spacial score (nSPS) is 11.7. The molecular formula is C16H23N3OS. The van der Waals surface area contributed by atoms with Crippen LogP contribution in [0.4, 0.5) is 10.8 Å². The highest BCUT2D eigenvalue weighted by atomic mass is 32.1. The lowest BCUT2D eigenvalue weighted by Gasteiger charge is -2.26. The van der Waals surface area contributed by atoms with Crippen LogP contribution in [0.3, 0.4) is 0 Å². The lowest BCUT2D eigenvalue weighted by molar-refractivity contribution is 0.245. The topological polar surface area (TPSA) is 60.2 Å². The minimum Gasteiger partial charge on any atom is -0.484 e. The molecule has 2 rings (SSSR count). The van der Waals surface area contributed by atoms with Gasteiger partial charge in [-0.1, -0.05) is 44.2 Å². The minimum absolute atomic E-state index is 0.00904. The van der Waals surface area contributed by atoms with E-state index in [9.17, 15) is 0 Å². The monoisotopic (exact) mass is 305 g/mol. The lowest BCUT2D eigenvalue weighted by Crippen LogP contribution is -2.27. The minimum atomic E-state index is 0.00904. The Labute approximate surface area is 130 Å². The summed E-state index contributed by atoms with van der Waals surface area (Å²) in [6, 6.07) is 10.5. The lowest BCUT2D eigenvalue weighted by atomic mass is 9.85. The Balaban J connectivity index is 2.09. The van der Waals surface area contributed by atoms with E-state index in [1.165, 1.54) is 17.1 Å². The maximum Gasteiger partial charge on any atom is 0.197 e. The molecule has 0 aliphatic heterocycles. The number of nitrogen functional groups attached to an aromatic ring is 1. The van der Waals surface area contributed by atoms with Gasteiger partial charge in [-0.25, -0.2) is 0 Å². The van der Waals surface area contributed by atoms with Gasteiger partial charge in [-0.2, -0.15) is 4.37 Å². The summed E-state index contributed by atoms with van der Waals surface area (Å²) in [7, 11) is 0. The molecule has 114 valence electrons. The number of rotatable bonds is 6. The van der Waals surface area contributed by atoms with E-state index in [0.29, 0.717) is 11.6 Å². The predicted molar refractivity (Wildman–Crippen MR) is 90.2 cm³/mol. The fourth-order valence-corrected chi connectivity index (χ4v) is 2.69. The molecule has 1 aromatic carbocycles. The molecule has 0 bridgehead atoms. The Morgan fingerprint density at radius 1 is 1.29 bits per heavy atom. The first kappa shape index (κ1) is 15.6. The molecule has 0 spiro atoms. The van der Waals surface area contributed by atoms with Gasteiger partial charge in [0.15, 0.2) is 16.6 Å². The molecule has 5 heteroatoms. The first-order valence-electron chi connectivity index (χ1n) is 7.11. The van der Waals surface area contributed by atoms with E-state index in [1.54, 1.807) is 0 Å². The molecule has 0 atom stereocenters. The molecule has 0 radical (unpaired) electrons. The van der Waals surface area contributed by atoms with Crippen LogP contribution in [0.5, 0.6) is 5.75 Å². The molecular weight excluding hydrogens is 282 g/mol. The van der Waals surface area contributed by atoms with E-state index < -0.39 is 0 Å². The van der Waals surface area contributed by atoms with E-state index in [-0.39, 0.29) is 11.5 Å². The van der Waals surface area contributed by atoms with Crippen LogP contribution >= 0.6 is 11.5 Å². The quantitative estimate of drug-likeness (QED) is 0.849. The zero-order chi connectivity index (χ0) is 15.5. The second-order valence-corrected chi connectivity index (χ2v) is 6.77. The molecule has 0 fully saturated rings. The zero-order valence-corrected chi connectivity index (χ0v) is 13.8. The van der Waals surface area contributed by atoms with Gasteiger partial charge in [0, 0.05) is 12.0 Å². The standard InChI is InChI=1S/C16H23N3OS/c1-11(2)20-13-14(17)19-21-15(13)18-10-16(3,4)12-8-6-5-7-9-12/h5-9,11,18H,10H2,1-4H3,(H2,17,19). The van der Waals surface area contributed by atoms with Crippen LogP contribution in [-0.4, -0.2) is 17.0 Å². The maximum absolute atomic E-state index is 5.87. The van der Waals surface area contributed by atoms with Crippen LogP contribution in [0.1, 0.15) is 33.3 Å². The molecule has 2 aromatic rings. The smallest absolute Gasteiger partial charge is 0.197 e. The summed E-state index contributed by atoms with van der Waals surface area (Å²) in [6.07, 6.45) is 0.0754. The molecule has 0 aliphatic carbocycles. The van der Waals surface area contributed by atoms with Crippen molar-refractivity contribution in [3.8, 4) is 5.75 Å². The summed E-state index contributed by atoms with van der Waals surface area (Å²) in [5.74, 6) is 1.12. The molecule has 1 heterocycles. The van der Waals surface area contributed by atoms with E-state index in [2.05, 4.69) is 47.8 Å². The van der Waals surface area contributed by atoms with Crippen molar-refractivity contribution in [1.29, 1.82) is 0 Å². The van der Waals surface area contributed by atoms with Gasteiger partial charge in [-0.05, 0) is 30.9 Å². The van der Waals surface area contributed by atoms with E-state index in [0.717, 1.165) is 11.5 Å². The van der Waals surface area contributed by atoms with Crippen LogP contribution in [0, 0.1) is 0 Å². The molecule has 0 unspecified atom stereocenters. The summed E-state index contributed by atoms with van der Waals surface area (Å²) in [4.78, 5) is 0. The molecule has 4 nitrogen and oxygen atoms in total. The Kier molecular flexibility index (Phi) is 4.73. The summed E-state index contributed by atoms with van der Waals surface area (Å²) in [5, 5.41) is 4.32. The largest absolute Gasteiger partial charge is 0.484 e. The third-order valence-electron chi connectivity index (χ3n) is 3.27. The van der Waals surface area contributed by atoms with E-state index in [4.69, 9.17) is 10.5 Å². The highest BCUT2D eigenvalue weighted by molar-refractivity contribution is 7.11. The number of ether oxygens (including phenoxy) is 1. The second kappa shape index (κ2) is 6.35. The number of nitrogens with one attached hydrogen (secondary N) is 1. The van der Waals surface area contributed by atoms with Gasteiger partial charge in [-0.15, -0.1) is 0 Å². The number of hydrogen-bond acceptors (Lipinski definition) is 5. The van der Waals surface area contributed by atoms with E-state index >= 15 is 0 Å². The Morgan fingerprint density at radius 2 is 1.95 bits per heavy atom. The summed E-state index contributed by atoms with van der Waals surface area (Å²) in [6.45, 7) is 9.17. The Hall–Kier alpha value is -1.75. The van der Waals surface area contributed by atoms with Crippen molar-refractivity contribution < 1.29 is 4.74 Å². The molecule has 3 N–H and O–H groups in total. The first-order chi connectivity index (χ1) is 9.90. The fraction of sp³-hybridized carbons (Fsp3) is 0.438. The molecule has 0 saturated heterocycles. The molecule has 0 saturated carbocycles. The summed E-state index contributed by atoms with van der Waals surface area (Å²) < 4.78 is 9.92. The van der Waals surface area contributed by atoms with Crippen molar-refractivity contribution in [3.05, 3.63) is 35.9 Å². The maximum atomic E-state index is 5.87. The highest BCUT2D eigenvalue weighted by Crippen LogP contribution is 2.36. The van der Waals surface area contributed by atoms with Gasteiger partial charge in [0.2, 0.25) is 0 Å². The molecule has 1 aromatic heterocycles. The number of benzene rings is 1. The van der Waals surface area contributed by atoms with Gasteiger partial charge < -0.3 is 15.8 Å². The average molecular weight is 305 g/mol. The number of nitrogens with two attached hydrogens (primary N) is 1. The van der Waals surface area contributed by atoms with Crippen molar-refractivity contribution in [1.82, 2.24) is 4.37 Å². The summed E-state index contributed by atoms with van der Waals surface area (Å²) >= 11 is 1.34. The van der Waals surface area contributed by atoms with Crippen molar-refractivity contribution in [2.75, 3.05) is 17.6 Å². The van der Waals surface area contributed by atoms with Gasteiger partial charge in [0.1, 0.15) is 0 Å². The van der Waals surface area contributed by atoms with Crippen molar-refractivity contribution in [2.45, 2.75) is 39.2 Å². The van der Waals surface area contributed by atoms with Crippen LogP contribution < -0.4 is 15.8 Å². The SMILES string of the molecule is CC(C)Oc1c(N)nsc1NCC(C)(C)c1ccccc1. The van der Waals surface area contributed by atoms with Gasteiger partial charge in [0.05, 0.1) is 6.10 Å². The summed E-state index contributed by atoms with van der Waals surface area (Å²) in [5.41, 5.74) is 7.18. The average Bonchev–Trinajstić information content (AvgIpc) is 2.78. The number of hydrogen-bond donors (Lipinski definition) is 2. The van der Waals surface area contributed by atoms with Crippen LogP contribution in [-0.2, 0) is 5.41 Å². The third kappa shape index (κ3) is 3.88. The molecule has 21 heavy (non-hydrogen) atoms. The second-order valence-electron chi connectivity index (χ2n) is 6.00. The Bertz CT molecular complexity index is 578. The number of anilines is 2. The Morgan fingerprint density at radius 3 is 2.57 bits per heavy atom. The van der Waals surface area contributed by atoms with Crippen molar-refractivity contribution in [2.24, 2.45) is 0 Å². The van der Waals surface area contributed by atoms with Gasteiger partial charge in [0.25, 0.3) is 0 Å². The van der Waals surface area contributed by atoms with Crippen LogP contribution in [0.2, 0.25) is 0 Å². The number of aromatic nitrogens is 1. The first-order valence-corrected chi connectivity index (χ1v) is 7.88. The van der Waals surface area contributed by atoms with Crippen molar-refractivity contribution in [3.63, 3.8) is 0 Å². The van der Waals surface area contributed by atoms with Gasteiger partial charge >= 0.3 is 0 Å². The number of nitrogens with zero attached hydrogens (tertiary/aromatic N) is 1. The third-order valence-corrected chi connectivity index (χ3v) is 4.07. The van der Waals surface area contributed by atoms with Gasteiger partial charge in [-0.3, -0.25) is 0 Å². The van der Waals surface area contributed by atoms with Crippen LogP contribution in [0.15, 0.2) is 30.3 Å². The molecule has 0 amide bonds. The zero-order valence-electron chi connectivity index (χ0n) is 13.0. The van der Waals surface area contributed by atoms with Crippen LogP contribution in [0.25, 0.3) is 0 Å². The fourth-order valence-electron chi connectivity index (χ4n) is 2.05. The predicted octanol–water partition coefficient (Wildman–Crippen LogP) is 3.90. The highest BCUT2D eigenvalue weighted by Gasteiger charge is 2.22. The van der Waals surface area contributed by atoms with Crippen molar-refractivity contribution >= 4 is 22.4 Å². The van der Waals surface area contributed by atoms with E-state index in [1.807, 2.05) is 19.9 Å².